The van der Waals surface area contributed by atoms with Gasteiger partial charge in [0.1, 0.15) is 11.6 Å². The first-order valence-electron chi connectivity index (χ1n) is 4.67. The normalized spacial score (nSPS) is 19.9. The second kappa shape index (κ2) is 3.62. The molecule has 0 aromatic carbocycles. The molecule has 2 rings (SSSR count). The molecule has 1 atom stereocenters. The van der Waals surface area contributed by atoms with Gasteiger partial charge >= 0.3 is 0 Å². The highest BCUT2D eigenvalue weighted by molar-refractivity contribution is 7.78. The molecule has 0 saturated carbocycles. The summed E-state index contributed by atoms with van der Waals surface area (Å²) in [5, 5.41) is 3.30. The molecule has 82 valence electrons. The number of fused-ring (bicyclic) bond motifs is 1. The molecule has 0 aliphatic carbocycles. The molecule has 15 heavy (non-hydrogen) atoms. The second-order valence-corrected chi connectivity index (χ2v) is 5.02. The fourth-order valence-corrected chi connectivity index (χ4v) is 2.06. The highest BCUT2D eigenvalue weighted by Gasteiger charge is 2.30. The first-order chi connectivity index (χ1) is 6.99. The Kier molecular flexibility index (Phi) is 2.57. The van der Waals surface area contributed by atoms with Gasteiger partial charge < -0.3 is 9.87 Å². The van der Waals surface area contributed by atoms with Crippen LogP contribution in [0.25, 0.3) is 0 Å². The minimum absolute atomic E-state index is 0.00624. The molecule has 2 heterocycles. The van der Waals surface area contributed by atoms with Gasteiger partial charge in [0.25, 0.3) is 0 Å². The van der Waals surface area contributed by atoms with Gasteiger partial charge in [0.2, 0.25) is 0 Å². The Morgan fingerprint density at radius 1 is 1.67 bits per heavy atom. The fraction of sp³-hybridized carbons (Fsp3) is 0.556. The summed E-state index contributed by atoms with van der Waals surface area (Å²) in [6.45, 7) is 4.81. The molecule has 1 aliphatic rings. The van der Waals surface area contributed by atoms with E-state index in [4.69, 9.17) is 4.55 Å². The third-order valence-corrected chi connectivity index (χ3v) is 3.05. The van der Waals surface area contributed by atoms with E-state index in [9.17, 15) is 4.21 Å². The maximum absolute atomic E-state index is 10.6. The average molecular weight is 227 g/mol. The molecule has 2 N–H and O–H groups in total. The van der Waals surface area contributed by atoms with Crippen LogP contribution in [0.1, 0.15) is 30.9 Å². The summed E-state index contributed by atoms with van der Waals surface area (Å²) in [7, 11) is 0. The maximum Gasteiger partial charge on any atom is 0.160 e. The van der Waals surface area contributed by atoms with Crippen molar-refractivity contribution in [1.82, 2.24) is 15.3 Å². The summed E-state index contributed by atoms with van der Waals surface area (Å²) < 4.78 is 19.3. The number of hydrogen-bond donors (Lipinski definition) is 2. The molecule has 0 radical (unpaired) electrons. The molecule has 0 amide bonds. The van der Waals surface area contributed by atoms with Crippen LogP contribution in [0.3, 0.4) is 0 Å². The molecule has 1 aromatic heterocycles. The van der Waals surface area contributed by atoms with Gasteiger partial charge in [0.15, 0.2) is 11.1 Å². The van der Waals surface area contributed by atoms with Crippen molar-refractivity contribution in [3.8, 4) is 0 Å². The molecule has 0 fully saturated rings. The van der Waals surface area contributed by atoms with E-state index < -0.39 is 11.1 Å². The van der Waals surface area contributed by atoms with Crippen LogP contribution in [-0.2, 0) is 28.9 Å². The highest BCUT2D eigenvalue weighted by atomic mass is 32.2. The van der Waals surface area contributed by atoms with Gasteiger partial charge in [-0.3, -0.25) is 0 Å². The molecule has 1 unspecified atom stereocenters. The summed E-state index contributed by atoms with van der Waals surface area (Å²) in [6.07, 6.45) is 1.74. The molecule has 5 nitrogen and oxygen atoms in total. The van der Waals surface area contributed by atoms with Crippen LogP contribution in [0.4, 0.5) is 0 Å². The number of rotatable bonds is 2. The Bertz CT molecular complexity index is 420. The van der Waals surface area contributed by atoms with Crippen molar-refractivity contribution >= 4 is 11.1 Å². The van der Waals surface area contributed by atoms with Crippen molar-refractivity contribution in [2.45, 2.75) is 31.7 Å². The van der Waals surface area contributed by atoms with E-state index in [1.54, 1.807) is 6.20 Å². The van der Waals surface area contributed by atoms with Gasteiger partial charge in [0.05, 0.1) is 5.69 Å². The largest absolute Gasteiger partial charge is 0.306 e. The first-order valence-corrected chi connectivity index (χ1v) is 5.94. The van der Waals surface area contributed by atoms with Crippen molar-refractivity contribution in [2.24, 2.45) is 0 Å². The lowest BCUT2D eigenvalue weighted by Gasteiger charge is -2.18. The van der Waals surface area contributed by atoms with Crippen molar-refractivity contribution in [2.75, 3.05) is 0 Å². The van der Waals surface area contributed by atoms with Gasteiger partial charge in [-0.05, 0) is 13.8 Å². The third-order valence-electron chi connectivity index (χ3n) is 2.54. The minimum atomic E-state index is -1.88. The van der Waals surface area contributed by atoms with E-state index in [0.717, 1.165) is 11.3 Å². The number of hydrogen-bond acceptors (Lipinski definition) is 4. The summed E-state index contributed by atoms with van der Waals surface area (Å²) in [5.74, 6) is 0.419. The van der Waals surface area contributed by atoms with Gasteiger partial charge in [-0.1, -0.05) is 0 Å². The van der Waals surface area contributed by atoms with Gasteiger partial charge in [-0.2, -0.15) is 0 Å². The number of nitrogens with one attached hydrogen (secondary N) is 1. The van der Waals surface area contributed by atoms with E-state index in [0.29, 0.717) is 12.4 Å². The lowest BCUT2D eigenvalue weighted by molar-refractivity contribution is 0.442. The predicted molar refractivity (Wildman–Crippen MR) is 56.4 cm³/mol. The van der Waals surface area contributed by atoms with E-state index in [1.807, 2.05) is 0 Å². The lowest BCUT2D eigenvalue weighted by atomic mass is 9.99. The van der Waals surface area contributed by atoms with E-state index >= 15 is 0 Å². The molecular weight excluding hydrogens is 214 g/mol. The lowest BCUT2D eigenvalue weighted by Crippen LogP contribution is -2.28. The summed E-state index contributed by atoms with van der Waals surface area (Å²) in [6, 6.07) is 0. The van der Waals surface area contributed by atoms with Gasteiger partial charge in [-0.25, -0.2) is 14.2 Å². The molecule has 0 saturated heterocycles. The molecule has 0 spiro atoms. The molecule has 1 aliphatic heterocycles. The molecular formula is C9H13N3O2S. The minimum Gasteiger partial charge on any atom is -0.306 e. The van der Waals surface area contributed by atoms with Crippen LogP contribution < -0.4 is 5.32 Å². The fourth-order valence-electron chi connectivity index (χ4n) is 1.70. The van der Waals surface area contributed by atoms with Crippen LogP contribution >= 0.6 is 0 Å². The summed E-state index contributed by atoms with van der Waals surface area (Å²) >= 11 is -1.88. The van der Waals surface area contributed by atoms with E-state index in [1.165, 1.54) is 0 Å². The summed E-state index contributed by atoms with van der Waals surface area (Å²) in [4.78, 5) is 8.34. The smallest absolute Gasteiger partial charge is 0.160 e. The van der Waals surface area contributed by atoms with Crippen molar-refractivity contribution in [3.63, 3.8) is 0 Å². The van der Waals surface area contributed by atoms with Gasteiger partial charge in [0, 0.05) is 23.8 Å². The maximum atomic E-state index is 10.6. The first kappa shape index (κ1) is 10.7. The van der Waals surface area contributed by atoms with E-state index in [2.05, 4.69) is 29.1 Å². The highest BCUT2D eigenvalue weighted by Crippen LogP contribution is 2.28. The zero-order chi connectivity index (χ0) is 11.1. The SMILES string of the molecule is CC1(C)NCc2nc(CS(=O)O)ncc21. The molecule has 1 aromatic rings. The van der Waals surface area contributed by atoms with Gasteiger partial charge in [-0.15, -0.1) is 0 Å². The average Bonchev–Trinajstić information content (AvgIpc) is 2.41. The Balaban J connectivity index is 2.33. The van der Waals surface area contributed by atoms with E-state index in [-0.39, 0.29) is 11.3 Å². The van der Waals surface area contributed by atoms with Crippen LogP contribution in [0.15, 0.2) is 6.20 Å². The van der Waals surface area contributed by atoms with Crippen LogP contribution in [0.2, 0.25) is 0 Å². The monoisotopic (exact) mass is 227 g/mol. The standard InChI is InChI=1S/C9H13N3O2S/c1-9(2)6-3-10-8(5-15(13)14)12-7(6)4-11-9/h3,11H,4-5H2,1-2H3,(H,13,14). The quantitative estimate of drug-likeness (QED) is 0.721. The summed E-state index contributed by atoms with van der Waals surface area (Å²) in [5.41, 5.74) is 1.89. The molecule has 0 bridgehead atoms. The zero-order valence-corrected chi connectivity index (χ0v) is 9.47. The third kappa shape index (κ3) is 2.06. The Labute approximate surface area is 90.6 Å². The van der Waals surface area contributed by atoms with Crippen LogP contribution in [0.5, 0.6) is 0 Å². The van der Waals surface area contributed by atoms with Crippen LogP contribution in [-0.4, -0.2) is 18.7 Å². The second-order valence-electron chi connectivity index (χ2n) is 4.09. The zero-order valence-electron chi connectivity index (χ0n) is 8.65. The molecule has 6 heteroatoms. The Morgan fingerprint density at radius 3 is 3.07 bits per heavy atom. The van der Waals surface area contributed by atoms with Crippen molar-refractivity contribution in [1.29, 1.82) is 0 Å². The van der Waals surface area contributed by atoms with Crippen LogP contribution in [0, 0.1) is 0 Å². The number of nitrogens with zero attached hydrogens (tertiary/aromatic N) is 2. The van der Waals surface area contributed by atoms with Crippen molar-refractivity contribution < 1.29 is 8.76 Å². The Morgan fingerprint density at radius 2 is 2.40 bits per heavy atom. The Hall–Kier alpha value is -0.850. The van der Waals surface area contributed by atoms with Crippen molar-refractivity contribution in [3.05, 3.63) is 23.3 Å². The number of aromatic nitrogens is 2. The topological polar surface area (TPSA) is 75.1 Å². The predicted octanol–water partition coefficient (Wildman–Crippen LogP) is 0.537.